The Kier molecular flexibility index (Phi) is 8.66. The van der Waals surface area contributed by atoms with Gasteiger partial charge in [-0.2, -0.15) is 5.10 Å². The van der Waals surface area contributed by atoms with Crippen molar-refractivity contribution in [1.82, 2.24) is 15.5 Å². The van der Waals surface area contributed by atoms with Crippen molar-refractivity contribution in [3.05, 3.63) is 62.6 Å². The van der Waals surface area contributed by atoms with Crippen LogP contribution in [0.3, 0.4) is 0 Å². The predicted octanol–water partition coefficient (Wildman–Crippen LogP) is 2.87. The second-order valence-corrected chi connectivity index (χ2v) is 6.70. The molecule has 2 rings (SSSR count). The molecule has 7 heteroatoms. The van der Waals surface area contributed by atoms with E-state index in [0.717, 1.165) is 11.3 Å². The largest absolute Gasteiger partial charge is 0.350 e. The van der Waals surface area contributed by atoms with Crippen LogP contribution < -0.4 is 16.6 Å². The summed E-state index contributed by atoms with van der Waals surface area (Å²) >= 11 is 0. The number of aromatic nitrogens is 2. The molecule has 2 aromatic rings. The van der Waals surface area contributed by atoms with Gasteiger partial charge in [-0.25, -0.2) is 5.10 Å². The normalized spacial score (nSPS) is 11.8. The highest BCUT2D eigenvalue weighted by molar-refractivity contribution is 5.95. The Morgan fingerprint density at radius 3 is 2.26 bits per heavy atom. The van der Waals surface area contributed by atoms with Crippen LogP contribution in [-0.4, -0.2) is 22.6 Å². The van der Waals surface area contributed by atoms with Crippen LogP contribution in [0.2, 0.25) is 0 Å². The summed E-state index contributed by atoms with van der Waals surface area (Å²) in [6, 6.07) is 7.74. The number of nitrogens with one attached hydrogen (secondary N) is 2. The average Bonchev–Trinajstić information content (AvgIpc) is 2.65. The van der Waals surface area contributed by atoms with E-state index in [0.29, 0.717) is 24.3 Å². The van der Waals surface area contributed by atoms with Crippen LogP contribution in [0, 0.1) is 0 Å². The summed E-state index contributed by atoms with van der Waals surface area (Å²) in [5, 5.41) is 9.24. The van der Waals surface area contributed by atoms with E-state index >= 15 is 0 Å². The Balaban J connectivity index is 0.00000364. The van der Waals surface area contributed by atoms with Crippen molar-refractivity contribution >= 4 is 18.3 Å². The lowest BCUT2D eigenvalue weighted by molar-refractivity contribution is 0.0948. The molecule has 6 nitrogen and oxygen atoms in total. The Hall–Kier alpha value is -2.18. The first-order valence-corrected chi connectivity index (χ1v) is 9.13. The summed E-state index contributed by atoms with van der Waals surface area (Å²) in [4.78, 5) is 24.7. The van der Waals surface area contributed by atoms with Gasteiger partial charge in [-0.3, -0.25) is 9.59 Å². The minimum atomic E-state index is -0.466. The van der Waals surface area contributed by atoms with Gasteiger partial charge in [0.05, 0.1) is 5.69 Å². The number of hydrogen-bond donors (Lipinski definition) is 3. The van der Waals surface area contributed by atoms with Crippen LogP contribution in [-0.2, 0) is 12.8 Å². The van der Waals surface area contributed by atoms with Crippen molar-refractivity contribution in [3.8, 4) is 0 Å². The number of carbonyl (C=O) groups excluding carboxylic acids is 1. The van der Waals surface area contributed by atoms with E-state index < -0.39 is 11.5 Å². The highest BCUT2D eigenvalue weighted by Gasteiger charge is 2.19. The number of carbonyl (C=O) groups is 1. The first-order valence-electron chi connectivity index (χ1n) is 9.13. The maximum Gasteiger partial charge on any atom is 0.277 e. The topological polar surface area (TPSA) is 101 Å². The molecular formula is C20H29ClN4O2. The van der Waals surface area contributed by atoms with Gasteiger partial charge in [-0.1, -0.05) is 52.0 Å². The van der Waals surface area contributed by atoms with Gasteiger partial charge in [0, 0.05) is 12.6 Å². The molecule has 0 radical (unpaired) electrons. The molecule has 27 heavy (non-hydrogen) atoms. The molecule has 4 N–H and O–H groups in total. The molecule has 0 saturated heterocycles. The highest BCUT2D eigenvalue weighted by Crippen LogP contribution is 2.17. The van der Waals surface area contributed by atoms with Crippen LogP contribution >= 0.6 is 12.4 Å². The van der Waals surface area contributed by atoms with Crippen molar-refractivity contribution in [2.24, 2.45) is 5.73 Å². The Bertz CT molecular complexity index is 816. The van der Waals surface area contributed by atoms with Crippen LogP contribution in [0.4, 0.5) is 0 Å². The van der Waals surface area contributed by atoms with Gasteiger partial charge in [0.1, 0.15) is 5.56 Å². The van der Waals surface area contributed by atoms with Gasteiger partial charge in [-0.15, -0.1) is 12.4 Å². The lowest BCUT2D eigenvalue weighted by Gasteiger charge is -2.16. The van der Waals surface area contributed by atoms with Crippen molar-refractivity contribution in [1.29, 1.82) is 0 Å². The number of rotatable bonds is 7. The molecule has 0 saturated carbocycles. The number of aryl methyl sites for hydroxylation is 1. The number of halogens is 1. The molecule has 0 aliphatic rings. The van der Waals surface area contributed by atoms with E-state index in [1.807, 2.05) is 26.0 Å². The van der Waals surface area contributed by atoms with Gasteiger partial charge in [0.25, 0.3) is 11.5 Å². The molecule has 1 heterocycles. The van der Waals surface area contributed by atoms with Gasteiger partial charge in [0.2, 0.25) is 0 Å². The zero-order valence-electron chi connectivity index (χ0n) is 16.3. The fourth-order valence-electron chi connectivity index (χ4n) is 2.97. The number of H-pyrrole nitrogens is 1. The maximum atomic E-state index is 12.6. The molecule has 0 bridgehead atoms. The zero-order valence-corrected chi connectivity index (χ0v) is 17.2. The first kappa shape index (κ1) is 22.9. The first-order chi connectivity index (χ1) is 12.4. The number of benzene rings is 1. The Morgan fingerprint density at radius 2 is 1.74 bits per heavy atom. The quantitative estimate of drug-likeness (QED) is 0.674. The molecule has 0 aliphatic heterocycles. The summed E-state index contributed by atoms with van der Waals surface area (Å²) in [5.74, 6) is 0.0491. The standard InChI is InChI=1S/C20H28N4O2.ClH/c1-5-15-17(6-2)23-24-20(26)18(15)19(25)22-11-16(21)14-9-7-13(8-10-14)12(3)4;/h7-10,12,16H,5-6,11,21H2,1-4H3,(H,22,25)(H,24,26);1H. The lowest BCUT2D eigenvalue weighted by atomic mass is 9.99. The molecule has 1 amide bonds. The van der Waals surface area contributed by atoms with Crippen LogP contribution in [0.5, 0.6) is 0 Å². The zero-order chi connectivity index (χ0) is 19.3. The van der Waals surface area contributed by atoms with Crippen LogP contribution in [0.25, 0.3) is 0 Å². The molecule has 0 aliphatic carbocycles. The highest BCUT2D eigenvalue weighted by atomic mass is 35.5. The SMILES string of the molecule is CCc1n[nH]c(=O)c(C(=O)NCC(N)c2ccc(C(C)C)cc2)c1CC.Cl. The fraction of sp³-hybridized carbons (Fsp3) is 0.450. The van der Waals surface area contributed by atoms with Crippen LogP contribution in [0.15, 0.2) is 29.1 Å². The monoisotopic (exact) mass is 392 g/mol. The Labute approximate surface area is 166 Å². The van der Waals surface area contributed by atoms with E-state index in [2.05, 4.69) is 41.5 Å². The summed E-state index contributed by atoms with van der Waals surface area (Å²) < 4.78 is 0. The number of hydrogen-bond acceptors (Lipinski definition) is 4. The van der Waals surface area contributed by atoms with Gasteiger partial charge >= 0.3 is 0 Å². The van der Waals surface area contributed by atoms with E-state index in [1.54, 1.807) is 0 Å². The summed E-state index contributed by atoms with van der Waals surface area (Å²) in [6.07, 6.45) is 1.23. The molecule has 1 unspecified atom stereocenters. The minimum absolute atomic E-state index is 0. The van der Waals surface area contributed by atoms with E-state index in [-0.39, 0.29) is 30.6 Å². The smallest absolute Gasteiger partial charge is 0.277 e. The third kappa shape index (κ3) is 5.40. The van der Waals surface area contributed by atoms with Crippen molar-refractivity contribution in [3.63, 3.8) is 0 Å². The van der Waals surface area contributed by atoms with E-state index in [1.165, 1.54) is 5.56 Å². The van der Waals surface area contributed by atoms with Gasteiger partial charge in [0.15, 0.2) is 0 Å². The van der Waals surface area contributed by atoms with Crippen molar-refractivity contribution in [2.75, 3.05) is 6.54 Å². The number of aromatic amines is 1. The second-order valence-electron chi connectivity index (χ2n) is 6.70. The molecular weight excluding hydrogens is 364 g/mol. The lowest BCUT2D eigenvalue weighted by Crippen LogP contribution is -2.36. The van der Waals surface area contributed by atoms with E-state index in [4.69, 9.17) is 5.73 Å². The van der Waals surface area contributed by atoms with Crippen LogP contribution in [0.1, 0.15) is 72.4 Å². The third-order valence-corrected chi connectivity index (χ3v) is 4.60. The Morgan fingerprint density at radius 1 is 1.15 bits per heavy atom. The minimum Gasteiger partial charge on any atom is -0.350 e. The molecule has 148 valence electrons. The van der Waals surface area contributed by atoms with Gasteiger partial charge in [-0.05, 0) is 35.4 Å². The number of nitrogens with zero attached hydrogens (tertiary/aromatic N) is 1. The molecule has 1 atom stereocenters. The average molecular weight is 393 g/mol. The van der Waals surface area contributed by atoms with E-state index in [9.17, 15) is 9.59 Å². The second kappa shape index (κ2) is 10.2. The maximum absolute atomic E-state index is 12.6. The third-order valence-electron chi connectivity index (χ3n) is 4.60. The van der Waals surface area contributed by atoms with Crippen molar-refractivity contribution < 1.29 is 4.79 Å². The molecule has 0 fully saturated rings. The fourth-order valence-corrected chi connectivity index (χ4v) is 2.97. The number of nitrogens with two attached hydrogens (primary N) is 1. The summed E-state index contributed by atoms with van der Waals surface area (Å²) in [6.45, 7) is 8.38. The number of amides is 1. The molecule has 1 aromatic carbocycles. The molecule has 0 spiro atoms. The predicted molar refractivity (Wildman–Crippen MR) is 111 cm³/mol. The van der Waals surface area contributed by atoms with Crippen molar-refractivity contribution in [2.45, 2.75) is 52.5 Å². The summed E-state index contributed by atoms with van der Waals surface area (Å²) in [7, 11) is 0. The summed E-state index contributed by atoms with van der Waals surface area (Å²) in [5.41, 5.74) is 9.50. The van der Waals surface area contributed by atoms with Gasteiger partial charge < -0.3 is 11.1 Å². The molecule has 1 aromatic heterocycles.